The zero-order valence-corrected chi connectivity index (χ0v) is 13.9. The fraction of sp³-hybridized carbons (Fsp3) is 0.562. The van der Waals surface area contributed by atoms with E-state index in [9.17, 15) is 4.79 Å². The molecule has 22 heavy (non-hydrogen) atoms. The molecule has 5 nitrogen and oxygen atoms in total. The van der Waals surface area contributed by atoms with Crippen molar-refractivity contribution in [3.63, 3.8) is 0 Å². The largest absolute Gasteiger partial charge is 0.296 e. The second-order valence-corrected chi connectivity index (χ2v) is 7.10. The van der Waals surface area contributed by atoms with Gasteiger partial charge in [-0.05, 0) is 45.6 Å². The zero-order valence-electron chi connectivity index (χ0n) is 13.1. The van der Waals surface area contributed by atoms with Gasteiger partial charge in [-0.15, -0.1) is 11.3 Å². The molecule has 0 saturated heterocycles. The van der Waals surface area contributed by atoms with Crippen molar-refractivity contribution in [3.05, 3.63) is 28.5 Å². The first-order chi connectivity index (χ1) is 10.6. The van der Waals surface area contributed by atoms with Gasteiger partial charge in [-0.2, -0.15) is 5.10 Å². The van der Waals surface area contributed by atoms with Crippen LogP contribution in [-0.2, 0) is 12.8 Å². The molecule has 0 aliphatic heterocycles. The highest BCUT2D eigenvalue weighted by Gasteiger charge is 2.18. The minimum Gasteiger partial charge on any atom is -0.296 e. The number of anilines is 1. The summed E-state index contributed by atoms with van der Waals surface area (Å²) in [5.41, 5.74) is 1.76. The third-order valence-corrected chi connectivity index (χ3v) is 5.03. The molecule has 0 fully saturated rings. The number of carbonyl (C=O) groups is 1. The van der Waals surface area contributed by atoms with Crippen molar-refractivity contribution in [1.82, 2.24) is 14.8 Å². The normalized spacial score (nSPS) is 15.2. The number of rotatable bonds is 3. The summed E-state index contributed by atoms with van der Waals surface area (Å²) in [4.78, 5) is 18.4. The Balaban J connectivity index is 1.76. The Bertz CT molecular complexity index is 633. The summed E-state index contributed by atoms with van der Waals surface area (Å²) in [6.45, 7) is 4.03. The fourth-order valence-corrected chi connectivity index (χ4v) is 3.87. The first kappa shape index (κ1) is 15.2. The van der Waals surface area contributed by atoms with Crippen LogP contribution in [-0.4, -0.2) is 20.7 Å². The second kappa shape index (κ2) is 6.60. The van der Waals surface area contributed by atoms with Gasteiger partial charge in [0.25, 0.3) is 5.91 Å². The average Bonchev–Trinajstić information content (AvgIpc) is 3.06. The van der Waals surface area contributed by atoms with Gasteiger partial charge in [0.2, 0.25) is 0 Å². The van der Waals surface area contributed by atoms with E-state index >= 15 is 0 Å². The zero-order chi connectivity index (χ0) is 15.5. The lowest BCUT2D eigenvalue weighted by Gasteiger charge is -2.09. The molecule has 2 heterocycles. The molecule has 2 aromatic heterocycles. The number of nitrogens with zero attached hydrogens (tertiary/aromatic N) is 3. The molecule has 118 valence electrons. The Hall–Kier alpha value is -1.69. The third kappa shape index (κ3) is 3.21. The van der Waals surface area contributed by atoms with E-state index in [1.54, 1.807) is 28.3 Å². The van der Waals surface area contributed by atoms with Crippen molar-refractivity contribution in [2.45, 2.75) is 58.4 Å². The summed E-state index contributed by atoms with van der Waals surface area (Å²) in [6.07, 6.45) is 8.79. The van der Waals surface area contributed by atoms with Crippen LogP contribution in [0.4, 0.5) is 5.13 Å². The smallest absolute Gasteiger partial charge is 0.275 e. The lowest BCUT2D eigenvalue weighted by Crippen LogP contribution is -2.18. The lowest BCUT2D eigenvalue weighted by molar-refractivity contribution is 0.101. The standard InChI is InChI=1S/C16H22N4OS/c1-11(2)20-13(9-10-17-20)15(21)19-16-18-12-7-5-3-4-6-8-14(12)22-16/h9-11H,3-8H2,1-2H3,(H,18,19,21). The topological polar surface area (TPSA) is 59.8 Å². The number of nitrogens with one attached hydrogen (secondary N) is 1. The maximum absolute atomic E-state index is 12.4. The molecule has 0 bridgehead atoms. The molecule has 0 saturated carbocycles. The fourth-order valence-electron chi connectivity index (χ4n) is 2.83. The molecule has 1 N–H and O–H groups in total. The number of amides is 1. The van der Waals surface area contributed by atoms with Gasteiger partial charge < -0.3 is 0 Å². The number of aryl methyl sites for hydroxylation is 2. The summed E-state index contributed by atoms with van der Waals surface area (Å²) in [5.74, 6) is -0.132. The Morgan fingerprint density at radius 2 is 2.05 bits per heavy atom. The minimum atomic E-state index is -0.132. The predicted octanol–water partition coefficient (Wildman–Crippen LogP) is 3.83. The molecular weight excluding hydrogens is 296 g/mol. The van der Waals surface area contributed by atoms with Crippen LogP contribution in [0.5, 0.6) is 0 Å². The molecule has 2 aromatic rings. The van der Waals surface area contributed by atoms with E-state index < -0.39 is 0 Å². The Morgan fingerprint density at radius 3 is 2.82 bits per heavy atom. The van der Waals surface area contributed by atoms with E-state index in [0.29, 0.717) is 10.8 Å². The summed E-state index contributed by atoms with van der Waals surface area (Å²) >= 11 is 1.63. The number of aromatic nitrogens is 3. The summed E-state index contributed by atoms with van der Waals surface area (Å²) < 4.78 is 1.74. The number of hydrogen-bond donors (Lipinski definition) is 1. The summed E-state index contributed by atoms with van der Waals surface area (Å²) in [7, 11) is 0. The molecule has 1 aliphatic carbocycles. The lowest BCUT2D eigenvalue weighted by atomic mass is 10.0. The van der Waals surface area contributed by atoms with Crippen LogP contribution in [0.1, 0.15) is 66.6 Å². The van der Waals surface area contributed by atoms with Crippen LogP contribution in [0.2, 0.25) is 0 Å². The number of carbonyl (C=O) groups excluding carboxylic acids is 1. The highest BCUT2D eigenvalue weighted by molar-refractivity contribution is 7.15. The van der Waals surface area contributed by atoms with Crippen LogP contribution < -0.4 is 5.32 Å². The molecule has 3 rings (SSSR count). The van der Waals surface area contributed by atoms with Crippen LogP contribution in [0.25, 0.3) is 0 Å². The average molecular weight is 318 g/mol. The SMILES string of the molecule is CC(C)n1nccc1C(=O)Nc1nc2c(s1)CCCCCC2. The van der Waals surface area contributed by atoms with Crippen molar-refractivity contribution in [2.24, 2.45) is 0 Å². The second-order valence-electron chi connectivity index (χ2n) is 6.01. The van der Waals surface area contributed by atoms with Gasteiger partial charge in [0, 0.05) is 17.1 Å². The van der Waals surface area contributed by atoms with Crippen molar-refractivity contribution >= 4 is 22.4 Å². The third-order valence-electron chi connectivity index (χ3n) is 3.96. The number of fused-ring (bicyclic) bond motifs is 1. The summed E-state index contributed by atoms with van der Waals surface area (Å²) in [5, 5.41) is 7.87. The van der Waals surface area contributed by atoms with Crippen LogP contribution >= 0.6 is 11.3 Å². The predicted molar refractivity (Wildman–Crippen MR) is 88.6 cm³/mol. The highest BCUT2D eigenvalue weighted by atomic mass is 32.1. The molecule has 1 aliphatic rings. The van der Waals surface area contributed by atoms with E-state index in [-0.39, 0.29) is 11.9 Å². The van der Waals surface area contributed by atoms with Gasteiger partial charge in [-0.25, -0.2) is 4.98 Å². The molecule has 0 atom stereocenters. The van der Waals surface area contributed by atoms with Gasteiger partial charge in [0.1, 0.15) is 5.69 Å². The Kier molecular flexibility index (Phi) is 4.57. The summed E-state index contributed by atoms with van der Waals surface area (Å²) in [6, 6.07) is 1.91. The Labute approximate surface area is 134 Å². The molecule has 0 radical (unpaired) electrons. The van der Waals surface area contributed by atoms with Gasteiger partial charge in [0.05, 0.1) is 5.69 Å². The van der Waals surface area contributed by atoms with Crippen LogP contribution in [0, 0.1) is 0 Å². The number of hydrogen-bond acceptors (Lipinski definition) is 4. The highest BCUT2D eigenvalue weighted by Crippen LogP contribution is 2.28. The van der Waals surface area contributed by atoms with E-state index in [2.05, 4.69) is 15.4 Å². The molecule has 0 aromatic carbocycles. The van der Waals surface area contributed by atoms with Crippen molar-refractivity contribution in [2.75, 3.05) is 5.32 Å². The van der Waals surface area contributed by atoms with Gasteiger partial charge in [0.15, 0.2) is 5.13 Å². The van der Waals surface area contributed by atoms with E-state index in [1.807, 2.05) is 13.8 Å². The van der Waals surface area contributed by atoms with Gasteiger partial charge in [-0.3, -0.25) is 14.8 Å². The first-order valence-electron chi connectivity index (χ1n) is 7.98. The Morgan fingerprint density at radius 1 is 1.27 bits per heavy atom. The van der Waals surface area contributed by atoms with Gasteiger partial charge >= 0.3 is 0 Å². The van der Waals surface area contributed by atoms with Crippen LogP contribution in [0.15, 0.2) is 12.3 Å². The minimum absolute atomic E-state index is 0.132. The maximum atomic E-state index is 12.4. The quantitative estimate of drug-likeness (QED) is 0.935. The maximum Gasteiger partial charge on any atom is 0.275 e. The first-order valence-corrected chi connectivity index (χ1v) is 8.80. The number of thiazole rings is 1. The van der Waals surface area contributed by atoms with E-state index in [4.69, 9.17) is 0 Å². The molecule has 0 unspecified atom stereocenters. The van der Waals surface area contributed by atoms with Crippen molar-refractivity contribution < 1.29 is 4.79 Å². The molecule has 0 spiro atoms. The van der Waals surface area contributed by atoms with E-state index in [1.165, 1.54) is 36.3 Å². The molecule has 6 heteroatoms. The molecular formula is C16H22N4OS. The van der Waals surface area contributed by atoms with Gasteiger partial charge in [-0.1, -0.05) is 12.8 Å². The monoisotopic (exact) mass is 318 g/mol. The molecule has 1 amide bonds. The van der Waals surface area contributed by atoms with Crippen molar-refractivity contribution in [3.8, 4) is 0 Å². The van der Waals surface area contributed by atoms with Crippen LogP contribution in [0.3, 0.4) is 0 Å². The van der Waals surface area contributed by atoms with E-state index in [0.717, 1.165) is 12.8 Å². The van der Waals surface area contributed by atoms with Crippen molar-refractivity contribution in [1.29, 1.82) is 0 Å².